The van der Waals surface area contributed by atoms with Crippen LogP contribution < -0.4 is 11.4 Å². The molecule has 16 heavy (non-hydrogen) atoms. The van der Waals surface area contributed by atoms with Crippen LogP contribution in [0.2, 0.25) is 5.02 Å². The first-order chi connectivity index (χ1) is 7.63. The molecule has 3 nitrogen and oxygen atoms in total. The van der Waals surface area contributed by atoms with Crippen LogP contribution in [0.15, 0.2) is 27.4 Å². The Balaban J connectivity index is 2.79. The highest BCUT2D eigenvalue weighted by Gasteiger charge is 2.11. The van der Waals surface area contributed by atoms with Gasteiger partial charge in [0, 0.05) is 5.39 Å². The average molecular weight is 238 g/mol. The smallest absolute Gasteiger partial charge is 0.341 e. The molecule has 0 aliphatic heterocycles. The van der Waals surface area contributed by atoms with Gasteiger partial charge in [-0.25, -0.2) is 4.79 Å². The van der Waals surface area contributed by atoms with Gasteiger partial charge < -0.3 is 10.2 Å². The van der Waals surface area contributed by atoms with Crippen molar-refractivity contribution in [2.45, 2.75) is 13.3 Å². The third-order valence-electron chi connectivity index (χ3n) is 2.48. The van der Waals surface area contributed by atoms with Crippen molar-refractivity contribution in [3.8, 4) is 0 Å². The molecule has 0 radical (unpaired) electrons. The summed E-state index contributed by atoms with van der Waals surface area (Å²) in [6.07, 6.45) is 0.436. The second-order valence-electron chi connectivity index (χ2n) is 3.72. The number of rotatable bonds is 2. The largest absolute Gasteiger partial charge is 0.422 e. The highest BCUT2D eigenvalue weighted by Crippen LogP contribution is 2.25. The first-order valence-corrected chi connectivity index (χ1v) is 5.43. The maximum Gasteiger partial charge on any atom is 0.341 e. The third kappa shape index (κ3) is 1.84. The van der Waals surface area contributed by atoms with Crippen molar-refractivity contribution >= 4 is 22.6 Å². The van der Waals surface area contributed by atoms with E-state index in [-0.39, 0.29) is 0 Å². The summed E-state index contributed by atoms with van der Waals surface area (Å²) in [4.78, 5) is 11.6. The summed E-state index contributed by atoms with van der Waals surface area (Å²) in [5.41, 5.74) is 7.08. The molecule has 1 heterocycles. The van der Waals surface area contributed by atoms with Gasteiger partial charge in [-0.15, -0.1) is 0 Å². The van der Waals surface area contributed by atoms with Gasteiger partial charge in [-0.3, -0.25) is 0 Å². The molecule has 0 atom stereocenters. The van der Waals surface area contributed by atoms with E-state index in [9.17, 15) is 4.79 Å². The van der Waals surface area contributed by atoms with E-state index < -0.39 is 5.63 Å². The molecule has 0 saturated heterocycles. The molecule has 0 bridgehead atoms. The number of benzene rings is 1. The molecule has 2 N–H and O–H groups in total. The van der Waals surface area contributed by atoms with E-state index in [1.54, 1.807) is 6.07 Å². The molecule has 0 fully saturated rings. The minimum Gasteiger partial charge on any atom is -0.422 e. The van der Waals surface area contributed by atoms with Gasteiger partial charge in [0.15, 0.2) is 0 Å². The lowest BCUT2D eigenvalue weighted by Crippen LogP contribution is -2.13. The average Bonchev–Trinajstić information content (AvgIpc) is 2.26. The minimum absolute atomic E-state index is 0.377. The van der Waals surface area contributed by atoms with E-state index in [1.807, 2.05) is 19.1 Å². The Labute approximate surface area is 97.8 Å². The molecular formula is C12H12ClNO2. The summed E-state index contributed by atoms with van der Waals surface area (Å²) in [5.74, 6) is 0. The zero-order chi connectivity index (χ0) is 11.7. The lowest BCUT2D eigenvalue weighted by molar-refractivity contribution is 0.550. The van der Waals surface area contributed by atoms with Crippen LogP contribution in [0, 0.1) is 6.92 Å². The molecule has 1 aromatic heterocycles. The number of hydrogen-bond acceptors (Lipinski definition) is 3. The second-order valence-corrected chi connectivity index (χ2v) is 4.10. The van der Waals surface area contributed by atoms with Crippen molar-refractivity contribution in [1.29, 1.82) is 0 Å². The molecule has 4 heteroatoms. The number of hydrogen-bond donors (Lipinski definition) is 1. The van der Waals surface area contributed by atoms with Crippen LogP contribution in [0.4, 0.5) is 0 Å². The SMILES string of the molecule is Cc1ccc2oc(=O)c(CCN)c(Cl)c2c1. The maximum absolute atomic E-state index is 11.6. The number of aryl methyl sites for hydroxylation is 1. The lowest BCUT2D eigenvalue weighted by atomic mass is 10.1. The summed E-state index contributed by atoms with van der Waals surface area (Å²) in [6, 6.07) is 5.54. The maximum atomic E-state index is 11.6. The fourth-order valence-electron chi connectivity index (χ4n) is 1.67. The quantitative estimate of drug-likeness (QED) is 0.815. The fourth-order valence-corrected chi connectivity index (χ4v) is 1.99. The molecule has 84 valence electrons. The molecule has 2 rings (SSSR count). The van der Waals surface area contributed by atoms with Gasteiger partial charge >= 0.3 is 5.63 Å². The predicted molar refractivity (Wildman–Crippen MR) is 65.0 cm³/mol. The van der Waals surface area contributed by atoms with Gasteiger partial charge in [0.1, 0.15) is 5.58 Å². The normalized spacial score (nSPS) is 10.9. The topological polar surface area (TPSA) is 56.2 Å². The highest BCUT2D eigenvalue weighted by molar-refractivity contribution is 6.36. The van der Waals surface area contributed by atoms with Crippen LogP contribution in [0.1, 0.15) is 11.1 Å². The Morgan fingerprint density at radius 2 is 2.19 bits per heavy atom. The number of nitrogens with two attached hydrogens (primary N) is 1. The standard InChI is InChI=1S/C12H12ClNO2/c1-7-2-3-10-9(6-7)11(13)8(4-5-14)12(15)16-10/h2-3,6H,4-5,14H2,1H3. The Morgan fingerprint density at radius 3 is 2.88 bits per heavy atom. The van der Waals surface area contributed by atoms with E-state index >= 15 is 0 Å². The Bertz CT molecular complexity index is 589. The van der Waals surface area contributed by atoms with Crippen molar-refractivity contribution in [1.82, 2.24) is 0 Å². The Hall–Kier alpha value is -1.32. The van der Waals surface area contributed by atoms with Crippen molar-refractivity contribution < 1.29 is 4.42 Å². The van der Waals surface area contributed by atoms with Crippen LogP contribution in [0.25, 0.3) is 11.0 Å². The Kier molecular flexibility index (Phi) is 2.99. The molecule has 0 saturated carbocycles. The summed E-state index contributed by atoms with van der Waals surface area (Å²) in [6.45, 7) is 2.34. The third-order valence-corrected chi connectivity index (χ3v) is 2.91. The van der Waals surface area contributed by atoms with Crippen LogP contribution in [0.3, 0.4) is 0 Å². The fraction of sp³-hybridized carbons (Fsp3) is 0.250. The van der Waals surface area contributed by atoms with E-state index in [4.69, 9.17) is 21.8 Å². The van der Waals surface area contributed by atoms with E-state index in [0.717, 1.165) is 10.9 Å². The first kappa shape index (κ1) is 11.2. The number of halogens is 1. The van der Waals surface area contributed by atoms with Crippen molar-refractivity contribution in [2.24, 2.45) is 5.73 Å². The summed E-state index contributed by atoms with van der Waals surface area (Å²) < 4.78 is 5.19. The van der Waals surface area contributed by atoms with E-state index in [1.165, 1.54) is 0 Å². The van der Waals surface area contributed by atoms with Crippen LogP contribution in [0.5, 0.6) is 0 Å². The summed E-state index contributed by atoms with van der Waals surface area (Å²) in [5, 5.41) is 1.23. The van der Waals surface area contributed by atoms with Crippen LogP contribution >= 0.6 is 11.6 Å². The number of fused-ring (bicyclic) bond motifs is 1. The molecule has 0 aliphatic rings. The lowest BCUT2D eigenvalue weighted by Gasteiger charge is -2.05. The van der Waals surface area contributed by atoms with Crippen LogP contribution in [-0.2, 0) is 6.42 Å². The predicted octanol–water partition coefficient (Wildman–Crippen LogP) is 2.26. The van der Waals surface area contributed by atoms with Gasteiger partial charge in [-0.05, 0) is 32.0 Å². The molecule has 0 aliphatic carbocycles. The zero-order valence-corrected chi connectivity index (χ0v) is 9.67. The molecule has 1 aromatic carbocycles. The summed E-state index contributed by atoms with van der Waals surface area (Å²) >= 11 is 6.18. The molecule has 0 spiro atoms. The first-order valence-electron chi connectivity index (χ1n) is 5.05. The summed E-state index contributed by atoms with van der Waals surface area (Å²) in [7, 11) is 0. The second kappa shape index (κ2) is 4.28. The monoisotopic (exact) mass is 237 g/mol. The minimum atomic E-state index is -0.396. The van der Waals surface area contributed by atoms with Gasteiger partial charge in [0.2, 0.25) is 0 Å². The van der Waals surface area contributed by atoms with Crippen molar-refractivity contribution in [2.75, 3.05) is 6.54 Å². The van der Waals surface area contributed by atoms with E-state index in [2.05, 4.69) is 0 Å². The van der Waals surface area contributed by atoms with Gasteiger partial charge in [0.05, 0.1) is 10.6 Å². The zero-order valence-electron chi connectivity index (χ0n) is 8.92. The van der Waals surface area contributed by atoms with Gasteiger partial charge in [0.25, 0.3) is 0 Å². The molecule has 0 amide bonds. The van der Waals surface area contributed by atoms with E-state index in [0.29, 0.717) is 29.1 Å². The highest BCUT2D eigenvalue weighted by atomic mass is 35.5. The molecule has 2 aromatic rings. The van der Waals surface area contributed by atoms with Crippen molar-refractivity contribution in [3.05, 3.63) is 44.8 Å². The van der Waals surface area contributed by atoms with Gasteiger partial charge in [-0.1, -0.05) is 23.2 Å². The van der Waals surface area contributed by atoms with Crippen LogP contribution in [-0.4, -0.2) is 6.54 Å². The van der Waals surface area contributed by atoms with Crippen molar-refractivity contribution in [3.63, 3.8) is 0 Å². The van der Waals surface area contributed by atoms with Gasteiger partial charge in [-0.2, -0.15) is 0 Å². The Morgan fingerprint density at radius 1 is 1.44 bits per heavy atom. The molecule has 0 unspecified atom stereocenters. The molecular weight excluding hydrogens is 226 g/mol.